The van der Waals surface area contributed by atoms with Crippen LogP contribution in [-0.4, -0.2) is 11.7 Å². The molecule has 2 rings (SSSR count). The van der Waals surface area contributed by atoms with Gasteiger partial charge in [0.2, 0.25) is 0 Å². The van der Waals surface area contributed by atoms with E-state index in [-0.39, 0.29) is 0 Å². The van der Waals surface area contributed by atoms with Crippen LogP contribution in [-0.2, 0) is 0 Å². The largest absolute Gasteiger partial charge is 0.508 e. The Labute approximate surface area is 82.5 Å². The van der Waals surface area contributed by atoms with Crippen molar-refractivity contribution in [2.75, 3.05) is 6.54 Å². The van der Waals surface area contributed by atoms with Crippen molar-refractivity contribution >= 4 is 11.6 Å². The molecule has 0 amide bonds. The van der Waals surface area contributed by atoms with Crippen LogP contribution in [0.5, 0.6) is 5.75 Å². The number of nitrogens with one attached hydrogen (secondary N) is 1. The van der Waals surface area contributed by atoms with Crippen molar-refractivity contribution in [2.45, 2.75) is 19.4 Å². The lowest BCUT2D eigenvalue weighted by Gasteiger charge is -2.28. The highest BCUT2D eigenvalue weighted by atomic mass is 35.5. The number of hydrogen-bond donors (Lipinski definition) is 2. The molecule has 13 heavy (non-hydrogen) atoms. The quantitative estimate of drug-likeness (QED) is 0.725. The maximum atomic E-state index is 9.63. The number of hydrogen-bond acceptors (Lipinski definition) is 2. The number of aryl methyl sites for hydroxylation is 1. The third kappa shape index (κ3) is 1.52. The van der Waals surface area contributed by atoms with Crippen molar-refractivity contribution in [1.82, 2.24) is 5.32 Å². The molecule has 0 spiro atoms. The Morgan fingerprint density at radius 3 is 2.77 bits per heavy atom. The molecule has 0 unspecified atom stereocenters. The van der Waals surface area contributed by atoms with Gasteiger partial charge in [-0.15, -0.1) is 0 Å². The van der Waals surface area contributed by atoms with E-state index in [2.05, 4.69) is 5.32 Å². The van der Waals surface area contributed by atoms with Crippen LogP contribution in [0.3, 0.4) is 0 Å². The fraction of sp³-hybridized carbons (Fsp3) is 0.400. The topological polar surface area (TPSA) is 32.3 Å². The van der Waals surface area contributed by atoms with Crippen LogP contribution in [0.15, 0.2) is 12.1 Å². The van der Waals surface area contributed by atoms with E-state index >= 15 is 0 Å². The standard InChI is InChI=1S/C10H12ClNO/c1-6-4-7(9-2-3-12-9)10(13)5-8(6)11/h4-5,9,12-13H,2-3H2,1H3/t9-/m0/s1. The van der Waals surface area contributed by atoms with Crippen molar-refractivity contribution in [3.05, 3.63) is 28.3 Å². The van der Waals surface area contributed by atoms with Gasteiger partial charge in [-0.3, -0.25) is 0 Å². The molecule has 1 aliphatic heterocycles. The maximum Gasteiger partial charge on any atom is 0.121 e. The fourth-order valence-electron chi connectivity index (χ4n) is 1.53. The summed E-state index contributed by atoms with van der Waals surface area (Å²) in [6, 6.07) is 3.89. The molecule has 0 aromatic heterocycles. The average molecular weight is 198 g/mol. The molecule has 1 atom stereocenters. The monoisotopic (exact) mass is 197 g/mol. The van der Waals surface area contributed by atoms with E-state index in [4.69, 9.17) is 11.6 Å². The minimum atomic E-state index is 0.299. The van der Waals surface area contributed by atoms with Gasteiger partial charge in [-0.1, -0.05) is 11.6 Å². The molecule has 1 heterocycles. The van der Waals surface area contributed by atoms with Gasteiger partial charge in [0.25, 0.3) is 0 Å². The van der Waals surface area contributed by atoms with Gasteiger partial charge < -0.3 is 10.4 Å². The summed E-state index contributed by atoms with van der Waals surface area (Å²) in [5.41, 5.74) is 1.98. The first kappa shape index (κ1) is 8.85. The predicted molar refractivity (Wildman–Crippen MR) is 53.2 cm³/mol. The first-order valence-corrected chi connectivity index (χ1v) is 4.78. The first-order chi connectivity index (χ1) is 6.18. The number of halogens is 1. The van der Waals surface area contributed by atoms with E-state index in [1.165, 1.54) is 0 Å². The number of rotatable bonds is 1. The Hall–Kier alpha value is -0.730. The molecule has 70 valence electrons. The van der Waals surface area contributed by atoms with E-state index in [0.717, 1.165) is 24.1 Å². The number of phenols is 1. The molecule has 0 radical (unpaired) electrons. The molecule has 0 bridgehead atoms. The fourth-order valence-corrected chi connectivity index (χ4v) is 1.68. The normalized spacial score (nSPS) is 21.2. The van der Waals surface area contributed by atoms with Gasteiger partial charge in [0.1, 0.15) is 5.75 Å². The molecular formula is C10H12ClNO. The van der Waals surface area contributed by atoms with Gasteiger partial charge in [0.05, 0.1) is 0 Å². The Kier molecular flexibility index (Phi) is 2.18. The van der Waals surface area contributed by atoms with Gasteiger partial charge in [-0.2, -0.15) is 0 Å². The van der Waals surface area contributed by atoms with Crippen molar-refractivity contribution in [3.63, 3.8) is 0 Å². The number of aromatic hydroxyl groups is 1. The average Bonchev–Trinajstić information content (AvgIpc) is 1.96. The van der Waals surface area contributed by atoms with Crippen LogP contribution >= 0.6 is 11.6 Å². The molecule has 3 heteroatoms. The van der Waals surface area contributed by atoms with Crippen molar-refractivity contribution < 1.29 is 5.11 Å². The number of benzene rings is 1. The van der Waals surface area contributed by atoms with Gasteiger partial charge in [0.15, 0.2) is 0 Å². The second-order valence-corrected chi connectivity index (χ2v) is 3.86. The molecule has 0 aliphatic carbocycles. The molecule has 1 saturated heterocycles. The summed E-state index contributed by atoms with van der Waals surface area (Å²) in [6.07, 6.45) is 1.09. The molecule has 2 nitrogen and oxygen atoms in total. The summed E-state index contributed by atoms with van der Waals surface area (Å²) in [5.74, 6) is 0.299. The zero-order valence-corrected chi connectivity index (χ0v) is 8.23. The third-order valence-corrected chi connectivity index (χ3v) is 2.91. The highest BCUT2D eigenvalue weighted by Gasteiger charge is 2.21. The zero-order chi connectivity index (χ0) is 9.42. The summed E-state index contributed by atoms with van der Waals surface area (Å²) < 4.78 is 0. The van der Waals surface area contributed by atoms with E-state index in [1.54, 1.807) is 6.07 Å². The summed E-state index contributed by atoms with van der Waals surface area (Å²) in [5, 5.41) is 13.5. The van der Waals surface area contributed by atoms with Crippen LogP contribution < -0.4 is 5.32 Å². The Morgan fingerprint density at radius 2 is 2.23 bits per heavy atom. The Morgan fingerprint density at radius 1 is 1.54 bits per heavy atom. The van der Waals surface area contributed by atoms with Gasteiger partial charge in [0, 0.05) is 16.6 Å². The van der Waals surface area contributed by atoms with E-state index in [9.17, 15) is 5.11 Å². The van der Waals surface area contributed by atoms with Crippen molar-refractivity contribution in [3.8, 4) is 5.75 Å². The lowest BCUT2D eigenvalue weighted by Crippen LogP contribution is -2.34. The van der Waals surface area contributed by atoms with Crippen LogP contribution in [0, 0.1) is 6.92 Å². The summed E-state index contributed by atoms with van der Waals surface area (Å²) in [4.78, 5) is 0. The van der Waals surface area contributed by atoms with E-state index in [1.807, 2.05) is 13.0 Å². The van der Waals surface area contributed by atoms with Gasteiger partial charge in [-0.05, 0) is 37.6 Å². The zero-order valence-electron chi connectivity index (χ0n) is 7.47. The number of phenolic OH excluding ortho intramolecular Hbond substituents is 1. The lowest BCUT2D eigenvalue weighted by atomic mass is 9.96. The molecule has 1 aromatic carbocycles. The van der Waals surface area contributed by atoms with E-state index < -0.39 is 0 Å². The van der Waals surface area contributed by atoms with Crippen molar-refractivity contribution in [2.24, 2.45) is 0 Å². The summed E-state index contributed by atoms with van der Waals surface area (Å²) >= 11 is 5.87. The second-order valence-electron chi connectivity index (χ2n) is 3.46. The van der Waals surface area contributed by atoms with Crippen LogP contribution in [0.25, 0.3) is 0 Å². The minimum absolute atomic E-state index is 0.299. The highest BCUT2D eigenvalue weighted by Crippen LogP contribution is 2.33. The minimum Gasteiger partial charge on any atom is -0.508 e. The van der Waals surface area contributed by atoms with Crippen molar-refractivity contribution in [1.29, 1.82) is 0 Å². The molecule has 0 saturated carbocycles. The van der Waals surface area contributed by atoms with Crippen LogP contribution in [0.1, 0.15) is 23.6 Å². The van der Waals surface area contributed by atoms with Gasteiger partial charge in [-0.25, -0.2) is 0 Å². The highest BCUT2D eigenvalue weighted by molar-refractivity contribution is 6.31. The summed E-state index contributed by atoms with van der Waals surface area (Å²) in [7, 11) is 0. The van der Waals surface area contributed by atoms with E-state index in [0.29, 0.717) is 16.8 Å². The van der Waals surface area contributed by atoms with Crippen LogP contribution in [0.4, 0.5) is 0 Å². The predicted octanol–water partition coefficient (Wildman–Crippen LogP) is 2.39. The van der Waals surface area contributed by atoms with Gasteiger partial charge >= 0.3 is 0 Å². The molecule has 1 fully saturated rings. The molecular weight excluding hydrogens is 186 g/mol. The Bertz CT molecular complexity index is 334. The smallest absolute Gasteiger partial charge is 0.121 e. The lowest BCUT2D eigenvalue weighted by molar-refractivity contribution is 0.364. The third-order valence-electron chi connectivity index (χ3n) is 2.51. The molecule has 1 aliphatic rings. The SMILES string of the molecule is Cc1cc([C@@H]2CCN2)c(O)cc1Cl. The first-order valence-electron chi connectivity index (χ1n) is 4.41. The molecule has 1 aromatic rings. The maximum absolute atomic E-state index is 9.63. The Balaban J connectivity index is 2.39. The van der Waals surface area contributed by atoms with Crippen LogP contribution in [0.2, 0.25) is 5.02 Å². The second kappa shape index (κ2) is 3.20. The molecule has 2 N–H and O–H groups in total. The summed E-state index contributed by atoms with van der Waals surface area (Å²) in [6.45, 7) is 2.98.